The minimum atomic E-state index is 0.154. The Balaban J connectivity index is 1.41. The van der Waals surface area contributed by atoms with Gasteiger partial charge in [-0.15, -0.1) is 0 Å². The van der Waals surface area contributed by atoms with Gasteiger partial charge in [0.15, 0.2) is 5.78 Å². The van der Waals surface area contributed by atoms with Crippen molar-refractivity contribution >= 4 is 5.78 Å². The summed E-state index contributed by atoms with van der Waals surface area (Å²) in [7, 11) is 2.21. The third kappa shape index (κ3) is 4.31. The Morgan fingerprint density at radius 3 is 2.22 bits per heavy atom. The SMILES string of the molecule is CN1CCC(N2CCC[C@H](C(=O)c3ccc(-c4ccccc4)cc3)C2)CC1. The van der Waals surface area contributed by atoms with Crippen LogP contribution < -0.4 is 0 Å². The second-order valence-corrected chi connectivity index (χ2v) is 8.18. The van der Waals surface area contributed by atoms with Gasteiger partial charge in [-0.05, 0) is 63.5 Å². The molecular weight excluding hydrogens is 332 g/mol. The monoisotopic (exact) mass is 362 g/mol. The van der Waals surface area contributed by atoms with Crippen molar-refractivity contribution in [1.82, 2.24) is 9.80 Å². The number of hydrogen-bond donors (Lipinski definition) is 0. The van der Waals surface area contributed by atoms with Gasteiger partial charge >= 0.3 is 0 Å². The first kappa shape index (κ1) is 18.4. The largest absolute Gasteiger partial charge is 0.306 e. The molecule has 0 aliphatic carbocycles. The molecule has 142 valence electrons. The van der Waals surface area contributed by atoms with E-state index in [-0.39, 0.29) is 5.92 Å². The molecule has 2 fully saturated rings. The maximum atomic E-state index is 13.1. The zero-order chi connectivity index (χ0) is 18.6. The smallest absolute Gasteiger partial charge is 0.167 e. The zero-order valence-corrected chi connectivity index (χ0v) is 16.3. The summed E-state index contributed by atoms with van der Waals surface area (Å²) in [6.07, 6.45) is 4.65. The first-order valence-corrected chi connectivity index (χ1v) is 10.3. The van der Waals surface area contributed by atoms with E-state index in [9.17, 15) is 4.79 Å². The number of rotatable bonds is 4. The molecule has 2 aliphatic heterocycles. The molecule has 0 bridgehead atoms. The lowest BCUT2D eigenvalue weighted by molar-refractivity contribution is 0.0630. The molecule has 2 aromatic rings. The van der Waals surface area contributed by atoms with Gasteiger partial charge in [0.2, 0.25) is 0 Å². The highest BCUT2D eigenvalue weighted by Crippen LogP contribution is 2.27. The molecule has 2 heterocycles. The van der Waals surface area contributed by atoms with Crippen LogP contribution in [0.4, 0.5) is 0 Å². The summed E-state index contributed by atoms with van der Waals surface area (Å²) in [5, 5.41) is 0. The second kappa shape index (κ2) is 8.37. The molecular formula is C24H30N2O. The van der Waals surface area contributed by atoms with E-state index >= 15 is 0 Å². The Bertz CT molecular complexity index is 748. The highest BCUT2D eigenvalue weighted by molar-refractivity contribution is 5.98. The lowest BCUT2D eigenvalue weighted by atomic mass is 9.88. The number of Topliss-reactive ketones (excluding diaryl/α,β-unsaturated/α-hetero) is 1. The van der Waals surface area contributed by atoms with Crippen molar-refractivity contribution in [2.45, 2.75) is 31.7 Å². The van der Waals surface area contributed by atoms with Crippen molar-refractivity contribution in [3.05, 3.63) is 60.2 Å². The van der Waals surface area contributed by atoms with E-state index in [2.05, 4.69) is 41.1 Å². The molecule has 4 rings (SSSR count). The summed E-state index contributed by atoms with van der Waals surface area (Å²) in [5.74, 6) is 0.480. The quantitative estimate of drug-likeness (QED) is 0.756. The van der Waals surface area contributed by atoms with Crippen molar-refractivity contribution in [2.24, 2.45) is 5.92 Å². The third-order valence-corrected chi connectivity index (χ3v) is 6.30. The molecule has 3 nitrogen and oxygen atoms in total. The van der Waals surface area contributed by atoms with Crippen LogP contribution in [0.2, 0.25) is 0 Å². The van der Waals surface area contributed by atoms with Crippen LogP contribution in [0.1, 0.15) is 36.0 Å². The Morgan fingerprint density at radius 1 is 0.852 bits per heavy atom. The van der Waals surface area contributed by atoms with Crippen LogP contribution >= 0.6 is 0 Å². The summed E-state index contributed by atoms with van der Waals surface area (Å²) in [4.78, 5) is 18.1. The van der Waals surface area contributed by atoms with Gasteiger partial charge in [0, 0.05) is 24.1 Å². The van der Waals surface area contributed by atoms with E-state index in [1.54, 1.807) is 0 Å². The molecule has 0 aromatic heterocycles. The highest BCUT2D eigenvalue weighted by atomic mass is 16.1. The van der Waals surface area contributed by atoms with Gasteiger partial charge in [-0.1, -0.05) is 54.6 Å². The molecule has 0 N–H and O–H groups in total. The van der Waals surface area contributed by atoms with Crippen molar-refractivity contribution in [2.75, 3.05) is 33.2 Å². The lowest BCUT2D eigenvalue weighted by Crippen LogP contribution is -2.48. The van der Waals surface area contributed by atoms with Gasteiger partial charge in [0.1, 0.15) is 0 Å². The molecule has 2 saturated heterocycles. The van der Waals surface area contributed by atoms with E-state index in [1.165, 1.54) is 37.1 Å². The normalized spacial score (nSPS) is 22.6. The van der Waals surface area contributed by atoms with E-state index in [0.717, 1.165) is 31.5 Å². The summed E-state index contributed by atoms with van der Waals surface area (Å²) in [6, 6.07) is 19.2. The maximum absolute atomic E-state index is 13.1. The van der Waals surface area contributed by atoms with E-state index in [0.29, 0.717) is 11.8 Å². The first-order valence-electron chi connectivity index (χ1n) is 10.3. The Labute approximate surface area is 163 Å². The topological polar surface area (TPSA) is 23.6 Å². The van der Waals surface area contributed by atoms with Gasteiger partial charge in [-0.2, -0.15) is 0 Å². The van der Waals surface area contributed by atoms with Crippen molar-refractivity contribution in [3.63, 3.8) is 0 Å². The fourth-order valence-corrected chi connectivity index (χ4v) is 4.61. The van der Waals surface area contributed by atoms with Crippen LogP contribution in [-0.4, -0.2) is 54.9 Å². The summed E-state index contributed by atoms with van der Waals surface area (Å²) in [5.41, 5.74) is 3.23. The molecule has 2 aliphatic rings. The minimum Gasteiger partial charge on any atom is -0.306 e. The molecule has 0 amide bonds. The van der Waals surface area contributed by atoms with Crippen molar-refractivity contribution in [3.8, 4) is 11.1 Å². The highest BCUT2D eigenvalue weighted by Gasteiger charge is 2.31. The number of ketones is 1. The van der Waals surface area contributed by atoms with Crippen LogP contribution in [0.5, 0.6) is 0 Å². The fourth-order valence-electron chi connectivity index (χ4n) is 4.61. The predicted octanol–water partition coefficient (Wildman–Crippen LogP) is 4.34. The van der Waals surface area contributed by atoms with Crippen LogP contribution in [0.25, 0.3) is 11.1 Å². The molecule has 1 atom stereocenters. The molecule has 0 unspecified atom stereocenters. The van der Waals surface area contributed by atoms with Gasteiger partial charge in [0.05, 0.1) is 0 Å². The van der Waals surface area contributed by atoms with E-state index < -0.39 is 0 Å². The number of nitrogens with zero attached hydrogens (tertiary/aromatic N) is 2. The Hall–Kier alpha value is -1.97. The average molecular weight is 363 g/mol. The Morgan fingerprint density at radius 2 is 1.52 bits per heavy atom. The summed E-state index contributed by atoms with van der Waals surface area (Å²) < 4.78 is 0. The molecule has 3 heteroatoms. The van der Waals surface area contributed by atoms with Gasteiger partial charge in [-0.25, -0.2) is 0 Å². The van der Waals surface area contributed by atoms with E-state index in [1.807, 2.05) is 30.3 Å². The standard InChI is InChI=1S/C24H30N2O/c1-25-16-13-23(14-17-25)26-15-5-8-22(18-26)24(27)21-11-9-20(10-12-21)19-6-3-2-4-7-19/h2-4,6-7,9-12,22-23H,5,8,13-18H2,1H3/t22-/m0/s1. The number of likely N-dealkylation sites (tertiary alicyclic amines) is 2. The number of piperidine rings is 2. The van der Waals surface area contributed by atoms with Crippen LogP contribution in [-0.2, 0) is 0 Å². The van der Waals surface area contributed by atoms with Crippen LogP contribution in [0, 0.1) is 5.92 Å². The zero-order valence-electron chi connectivity index (χ0n) is 16.3. The third-order valence-electron chi connectivity index (χ3n) is 6.30. The van der Waals surface area contributed by atoms with E-state index in [4.69, 9.17) is 0 Å². The lowest BCUT2D eigenvalue weighted by Gasteiger charge is -2.41. The number of carbonyl (C=O) groups excluding carboxylic acids is 1. The van der Waals surface area contributed by atoms with Crippen LogP contribution in [0.3, 0.4) is 0 Å². The molecule has 27 heavy (non-hydrogen) atoms. The molecule has 0 radical (unpaired) electrons. The van der Waals surface area contributed by atoms with Crippen molar-refractivity contribution in [1.29, 1.82) is 0 Å². The fraction of sp³-hybridized carbons (Fsp3) is 0.458. The maximum Gasteiger partial charge on any atom is 0.167 e. The number of hydrogen-bond acceptors (Lipinski definition) is 3. The predicted molar refractivity (Wildman–Crippen MR) is 111 cm³/mol. The van der Waals surface area contributed by atoms with Gasteiger partial charge < -0.3 is 4.90 Å². The molecule has 2 aromatic carbocycles. The number of carbonyl (C=O) groups is 1. The number of benzene rings is 2. The summed E-state index contributed by atoms with van der Waals surface area (Å²) >= 11 is 0. The van der Waals surface area contributed by atoms with Crippen molar-refractivity contribution < 1.29 is 4.79 Å². The first-order chi connectivity index (χ1) is 13.2. The van der Waals surface area contributed by atoms with Gasteiger partial charge in [0.25, 0.3) is 0 Å². The van der Waals surface area contributed by atoms with Gasteiger partial charge in [-0.3, -0.25) is 9.69 Å². The van der Waals surface area contributed by atoms with Crippen LogP contribution in [0.15, 0.2) is 54.6 Å². The summed E-state index contributed by atoms with van der Waals surface area (Å²) in [6.45, 7) is 4.46. The average Bonchev–Trinajstić information content (AvgIpc) is 2.75. The minimum absolute atomic E-state index is 0.154. The molecule has 0 saturated carbocycles. The Kier molecular flexibility index (Phi) is 5.70. The molecule has 0 spiro atoms. The second-order valence-electron chi connectivity index (χ2n) is 8.18.